The number of unbranched alkanes of at least 4 members (excludes halogenated alkanes) is 9. The van der Waals surface area contributed by atoms with E-state index in [0.717, 1.165) is 17.4 Å². The van der Waals surface area contributed by atoms with Gasteiger partial charge in [-0.05, 0) is 6.42 Å². The number of likely N-dealkylation sites (N-methyl/N-ethyl adjacent to an activating group) is 1. The summed E-state index contributed by atoms with van der Waals surface area (Å²) in [5.74, 6) is -0.0250. The van der Waals surface area contributed by atoms with E-state index in [2.05, 4.69) is 28.1 Å². The first-order chi connectivity index (χ1) is 9.95. The van der Waals surface area contributed by atoms with E-state index >= 15 is 0 Å². The summed E-state index contributed by atoms with van der Waals surface area (Å²) in [5, 5.41) is 0. The van der Waals surface area contributed by atoms with Crippen LogP contribution < -0.4 is 0 Å². The Morgan fingerprint density at radius 2 is 1.29 bits per heavy atom. The standard InChI is InChI=1S/C18H38NO2/c1-5-6-7-8-9-10-11-12-13-14-15-18(20)21-17-16-19(2,3)4/h5-17H2,1-4H3/q+1. The first-order valence-corrected chi connectivity index (χ1v) is 8.92. The van der Waals surface area contributed by atoms with E-state index in [-0.39, 0.29) is 5.97 Å². The lowest BCUT2D eigenvalue weighted by Crippen LogP contribution is -2.37. The fraction of sp³-hybridized carbons (Fsp3) is 0.944. The van der Waals surface area contributed by atoms with Crippen LogP contribution in [0.25, 0.3) is 0 Å². The summed E-state index contributed by atoms with van der Waals surface area (Å²) >= 11 is 0. The highest BCUT2D eigenvalue weighted by Gasteiger charge is 2.09. The molecular formula is C18H38NO2+. The fourth-order valence-corrected chi connectivity index (χ4v) is 2.26. The molecule has 0 bridgehead atoms. The summed E-state index contributed by atoms with van der Waals surface area (Å²) in [4.78, 5) is 11.5. The van der Waals surface area contributed by atoms with Gasteiger partial charge in [-0.2, -0.15) is 0 Å². The Bertz CT molecular complexity index is 246. The molecule has 0 aliphatic heterocycles. The van der Waals surface area contributed by atoms with Crippen molar-refractivity contribution in [3.63, 3.8) is 0 Å². The smallest absolute Gasteiger partial charge is 0.305 e. The van der Waals surface area contributed by atoms with E-state index in [1.807, 2.05) is 0 Å². The first-order valence-electron chi connectivity index (χ1n) is 8.92. The van der Waals surface area contributed by atoms with Crippen molar-refractivity contribution in [2.24, 2.45) is 0 Å². The fourth-order valence-electron chi connectivity index (χ4n) is 2.26. The van der Waals surface area contributed by atoms with Crippen LogP contribution in [-0.2, 0) is 9.53 Å². The minimum absolute atomic E-state index is 0.0250. The van der Waals surface area contributed by atoms with Crippen LogP contribution >= 0.6 is 0 Å². The minimum Gasteiger partial charge on any atom is -0.460 e. The molecule has 0 saturated heterocycles. The average molecular weight is 301 g/mol. The topological polar surface area (TPSA) is 26.3 Å². The molecule has 126 valence electrons. The monoisotopic (exact) mass is 300 g/mol. The van der Waals surface area contributed by atoms with Crippen molar-refractivity contribution in [2.45, 2.75) is 77.6 Å². The van der Waals surface area contributed by atoms with Crippen molar-refractivity contribution in [3.8, 4) is 0 Å². The van der Waals surface area contributed by atoms with E-state index in [9.17, 15) is 4.79 Å². The van der Waals surface area contributed by atoms with Crippen LogP contribution in [-0.4, -0.2) is 44.7 Å². The molecule has 0 aromatic heterocycles. The van der Waals surface area contributed by atoms with E-state index in [1.165, 1.54) is 57.8 Å². The van der Waals surface area contributed by atoms with Crippen LogP contribution in [0.2, 0.25) is 0 Å². The lowest BCUT2D eigenvalue weighted by atomic mass is 10.1. The zero-order valence-corrected chi connectivity index (χ0v) is 15.0. The van der Waals surface area contributed by atoms with Gasteiger partial charge in [-0.1, -0.05) is 64.7 Å². The van der Waals surface area contributed by atoms with Crippen LogP contribution in [0.4, 0.5) is 0 Å². The normalized spacial score (nSPS) is 11.6. The van der Waals surface area contributed by atoms with Gasteiger partial charge in [0.05, 0.1) is 21.1 Å². The Hall–Kier alpha value is -0.570. The number of carbonyl (C=O) groups is 1. The number of ether oxygens (including phenoxy) is 1. The molecule has 0 spiro atoms. The summed E-state index contributed by atoms with van der Waals surface area (Å²) in [7, 11) is 6.32. The van der Waals surface area contributed by atoms with Gasteiger partial charge in [0, 0.05) is 6.42 Å². The molecule has 0 atom stereocenters. The molecule has 0 aliphatic rings. The summed E-state index contributed by atoms with van der Waals surface area (Å²) in [6, 6.07) is 0. The van der Waals surface area contributed by atoms with Gasteiger partial charge in [0.1, 0.15) is 13.2 Å². The van der Waals surface area contributed by atoms with Crippen molar-refractivity contribution in [1.29, 1.82) is 0 Å². The van der Waals surface area contributed by atoms with E-state index in [4.69, 9.17) is 4.74 Å². The summed E-state index contributed by atoms with van der Waals surface area (Å²) in [6.07, 6.45) is 13.6. The second-order valence-corrected chi connectivity index (χ2v) is 7.17. The Kier molecular flexibility index (Phi) is 12.8. The number of nitrogens with zero attached hydrogens (tertiary/aromatic N) is 1. The van der Waals surface area contributed by atoms with Gasteiger partial charge in [0.15, 0.2) is 0 Å². The van der Waals surface area contributed by atoms with Gasteiger partial charge >= 0.3 is 5.97 Å². The molecule has 0 heterocycles. The number of rotatable bonds is 14. The second-order valence-electron chi connectivity index (χ2n) is 7.17. The zero-order valence-electron chi connectivity index (χ0n) is 15.0. The Labute approximate surface area is 132 Å². The largest absolute Gasteiger partial charge is 0.460 e. The van der Waals surface area contributed by atoms with Gasteiger partial charge in [-0.3, -0.25) is 4.79 Å². The molecule has 0 amide bonds. The minimum atomic E-state index is -0.0250. The predicted octanol–water partition coefficient (Wildman–Crippen LogP) is 4.55. The highest BCUT2D eigenvalue weighted by molar-refractivity contribution is 5.69. The molecule has 0 radical (unpaired) electrons. The molecule has 0 N–H and O–H groups in total. The van der Waals surface area contributed by atoms with E-state index < -0.39 is 0 Å². The Balaban J connectivity index is 3.22. The maximum atomic E-state index is 11.5. The lowest BCUT2D eigenvalue weighted by molar-refractivity contribution is -0.870. The van der Waals surface area contributed by atoms with Gasteiger partial charge in [-0.15, -0.1) is 0 Å². The third-order valence-corrected chi connectivity index (χ3v) is 3.76. The number of quaternary nitrogens is 1. The quantitative estimate of drug-likeness (QED) is 0.267. The molecule has 0 aromatic carbocycles. The number of hydrogen-bond donors (Lipinski definition) is 0. The zero-order chi connectivity index (χ0) is 16.0. The van der Waals surface area contributed by atoms with Crippen molar-refractivity contribution < 1.29 is 14.0 Å². The van der Waals surface area contributed by atoms with Gasteiger partial charge < -0.3 is 9.22 Å². The highest BCUT2D eigenvalue weighted by Crippen LogP contribution is 2.11. The molecule has 0 unspecified atom stereocenters. The van der Waals surface area contributed by atoms with Gasteiger partial charge in [0.25, 0.3) is 0 Å². The SMILES string of the molecule is CCCCCCCCCCCCC(=O)OCC[N+](C)(C)C. The second kappa shape index (κ2) is 13.1. The molecule has 0 saturated carbocycles. The molecular weight excluding hydrogens is 262 g/mol. The summed E-state index contributed by atoms with van der Waals surface area (Å²) < 4.78 is 6.08. The maximum Gasteiger partial charge on any atom is 0.305 e. The molecule has 0 aromatic rings. The van der Waals surface area contributed by atoms with Crippen LogP contribution in [0.3, 0.4) is 0 Å². The number of carbonyl (C=O) groups excluding carboxylic acids is 1. The van der Waals surface area contributed by atoms with Crippen LogP contribution in [0.1, 0.15) is 77.6 Å². The van der Waals surface area contributed by atoms with Crippen molar-refractivity contribution in [1.82, 2.24) is 0 Å². The Morgan fingerprint density at radius 1 is 0.810 bits per heavy atom. The van der Waals surface area contributed by atoms with Crippen molar-refractivity contribution >= 4 is 5.97 Å². The van der Waals surface area contributed by atoms with Crippen LogP contribution in [0, 0.1) is 0 Å². The lowest BCUT2D eigenvalue weighted by Gasteiger charge is -2.23. The summed E-state index contributed by atoms with van der Waals surface area (Å²) in [6.45, 7) is 3.68. The molecule has 3 heteroatoms. The summed E-state index contributed by atoms with van der Waals surface area (Å²) in [5.41, 5.74) is 0. The molecule has 3 nitrogen and oxygen atoms in total. The molecule has 0 rings (SSSR count). The average Bonchev–Trinajstić information content (AvgIpc) is 2.39. The molecule has 0 aliphatic carbocycles. The van der Waals surface area contributed by atoms with Gasteiger partial charge in [0.2, 0.25) is 0 Å². The third-order valence-electron chi connectivity index (χ3n) is 3.76. The van der Waals surface area contributed by atoms with Crippen molar-refractivity contribution in [3.05, 3.63) is 0 Å². The van der Waals surface area contributed by atoms with E-state index in [1.54, 1.807) is 0 Å². The van der Waals surface area contributed by atoms with Crippen LogP contribution in [0.5, 0.6) is 0 Å². The number of esters is 1. The first kappa shape index (κ1) is 20.4. The van der Waals surface area contributed by atoms with Gasteiger partial charge in [-0.25, -0.2) is 0 Å². The number of hydrogen-bond acceptors (Lipinski definition) is 2. The maximum absolute atomic E-state index is 11.5. The molecule has 21 heavy (non-hydrogen) atoms. The van der Waals surface area contributed by atoms with E-state index in [0.29, 0.717) is 13.0 Å². The highest BCUT2D eigenvalue weighted by atomic mass is 16.5. The van der Waals surface area contributed by atoms with Crippen LogP contribution in [0.15, 0.2) is 0 Å². The van der Waals surface area contributed by atoms with Crippen molar-refractivity contribution in [2.75, 3.05) is 34.3 Å². The third kappa shape index (κ3) is 17.4. The Morgan fingerprint density at radius 3 is 1.76 bits per heavy atom. The predicted molar refractivity (Wildman–Crippen MR) is 90.3 cm³/mol. The molecule has 0 fully saturated rings.